The third-order valence-corrected chi connectivity index (χ3v) is 15.8. The molecule has 0 fully saturated rings. The van der Waals surface area contributed by atoms with Crippen molar-refractivity contribution in [1.82, 2.24) is 28.7 Å². The number of ether oxygens (including phenoxy) is 1. The molecule has 8 heteroatoms. The molecule has 0 saturated heterocycles. The van der Waals surface area contributed by atoms with Crippen LogP contribution in [0.15, 0.2) is 164 Å². The Morgan fingerprint density at radius 1 is 0.455 bits per heavy atom. The molecule has 0 spiro atoms. The standard InChI is InChI=1S/C69H66N6O.Pt/c1-44-33-63(72-42-58(44)65-70-31-20-32-71-65)75-59-26-15-14-23-56(59)57-30-29-53(41-62(57)75)76-52-22-18-21-51(40-52)73-43-74(61-28-17-16-27-60(61)73)64-54(45-34-47(66(2,3)4)38-48(35-45)67(5,6)7)24-19-25-55(64)46-36-49(68(8,9)10)39-50(37-46)69(11,12)13;/h14-39,42H,1-13H3;/q-2;. The first-order valence-corrected chi connectivity index (χ1v) is 27.7. The first kappa shape index (κ1) is 51.6. The number of para-hydroxylation sites is 4. The number of benzene rings is 7. The molecule has 0 aliphatic heterocycles. The van der Waals surface area contributed by atoms with Gasteiger partial charge in [-0.3, -0.25) is 0 Å². The summed E-state index contributed by atoms with van der Waals surface area (Å²) in [5.74, 6) is 2.56. The fourth-order valence-electron chi connectivity index (χ4n) is 10.4. The van der Waals surface area contributed by atoms with Crippen LogP contribution in [0.25, 0.3) is 83.7 Å². The SMILES string of the molecule is Cc1cc(-n2c3[c-]c(Oc4[c-]c(-n5[c](=[Pt])n(-c6c(-c7cc(C(C)(C)C)cc(C(C)(C)C)c7)cccc6-c6cc(C(C)(C)C)cc(C(C)(C)C)c6)c6ccccc65)ccc4)ccc3c3ccccc32)ncc1-c1ncccn1. The van der Waals surface area contributed by atoms with E-state index in [-0.39, 0.29) is 21.7 Å². The minimum atomic E-state index is -0.0688. The first-order valence-electron chi connectivity index (χ1n) is 26.6. The molecule has 0 saturated carbocycles. The molecule has 4 heterocycles. The summed E-state index contributed by atoms with van der Waals surface area (Å²) < 4.78 is 14.7. The molecule has 0 amide bonds. The third-order valence-electron chi connectivity index (χ3n) is 14.8. The number of nitrogens with zero attached hydrogens (tertiary/aromatic N) is 6. The van der Waals surface area contributed by atoms with Crippen LogP contribution in [0.5, 0.6) is 11.5 Å². The second-order valence-electron chi connectivity index (χ2n) is 24.6. The van der Waals surface area contributed by atoms with Crippen molar-refractivity contribution in [2.45, 2.75) is 112 Å². The van der Waals surface area contributed by atoms with Gasteiger partial charge in [-0.2, -0.15) is 0 Å². The van der Waals surface area contributed by atoms with Crippen LogP contribution in [0, 0.1) is 22.9 Å². The summed E-state index contributed by atoms with van der Waals surface area (Å²) in [5, 5.41) is 2.16. The van der Waals surface area contributed by atoms with E-state index < -0.39 is 0 Å². The van der Waals surface area contributed by atoms with Gasteiger partial charge < -0.3 is 0 Å². The maximum atomic E-state index is 6.80. The summed E-state index contributed by atoms with van der Waals surface area (Å²) in [5.41, 5.74) is 17.6. The predicted molar refractivity (Wildman–Crippen MR) is 314 cm³/mol. The van der Waals surface area contributed by atoms with E-state index in [2.05, 4.69) is 266 Å². The van der Waals surface area contributed by atoms with E-state index in [0.29, 0.717) is 17.3 Å². The monoisotopic (exact) mass is 1190 g/mol. The Hall–Kier alpha value is -7.47. The van der Waals surface area contributed by atoms with E-state index >= 15 is 0 Å². The Kier molecular flexibility index (Phi) is 12.9. The number of aryl methyl sites for hydroxylation is 1. The number of pyridine rings is 1. The van der Waals surface area contributed by atoms with Gasteiger partial charge in [-0.25, -0.2) is 9.97 Å². The number of hydrogen-bond donors (Lipinski definition) is 0. The van der Waals surface area contributed by atoms with Crippen LogP contribution < -0.4 is 4.74 Å². The molecule has 0 atom stereocenters. The van der Waals surface area contributed by atoms with Crippen molar-refractivity contribution in [1.29, 1.82) is 0 Å². The van der Waals surface area contributed by atoms with Crippen molar-refractivity contribution < 1.29 is 24.1 Å². The minimum absolute atomic E-state index is 0.0688. The molecule has 0 unspecified atom stereocenters. The Bertz CT molecular complexity index is 3990. The van der Waals surface area contributed by atoms with Crippen molar-refractivity contribution in [3.8, 4) is 62.3 Å². The van der Waals surface area contributed by atoms with Crippen LogP contribution in [0.1, 0.15) is 111 Å². The van der Waals surface area contributed by atoms with Gasteiger partial charge in [0.2, 0.25) is 0 Å². The van der Waals surface area contributed by atoms with Crippen LogP contribution in [0.4, 0.5) is 0 Å². The Labute approximate surface area is 464 Å². The van der Waals surface area contributed by atoms with Gasteiger partial charge in [0.05, 0.1) is 0 Å². The topological polar surface area (TPSA) is 62.7 Å². The zero-order valence-corrected chi connectivity index (χ0v) is 48.8. The fraction of sp³-hybridized carbons (Fsp3) is 0.246. The van der Waals surface area contributed by atoms with Gasteiger partial charge in [-0.05, 0) is 18.6 Å². The van der Waals surface area contributed by atoms with Crippen LogP contribution in [0.3, 0.4) is 0 Å². The zero-order chi connectivity index (χ0) is 54.3. The molecule has 0 radical (unpaired) electrons. The van der Waals surface area contributed by atoms with Crippen molar-refractivity contribution in [2.24, 2.45) is 0 Å². The van der Waals surface area contributed by atoms with Gasteiger partial charge in [-0.15, -0.1) is 0 Å². The zero-order valence-electron chi connectivity index (χ0n) is 46.5. The van der Waals surface area contributed by atoms with E-state index in [1.165, 1.54) is 44.5 Å². The summed E-state index contributed by atoms with van der Waals surface area (Å²) in [6.45, 7) is 29.9. The number of imidazole rings is 1. The van der Waals surface area contributed by atoms with Gasteiger partial charge in [0, 0.05) is 24.2 Å². The number of aromatic nitrogens is 6. The Balaban J connectivity index is 1.08. The molecular formula is C69H66N6OPt-2. The molecule has 7 nitrogen and oxygen atoms in total. The van der Waals surface area contributed by atoms with E-state index in [1.54, 1.807) is 12.4 Å². The van der Waals surface area contributed by atoms with E-state index in [9.17, 15) is 0 Å². The molecule has 11 aromatic rings. The van der Waals surface area contributed by atoms with Crippen LogP contribution in [-0.2, 0) is 41.0 Å². The molecule has 0 aliphatic rings. The fourth-order valence-corrected chi connectivity index (χ4v) is 11.4. The quantitative estimate of drug-likeness (QED) is 0.142. The maximum absolute atomic E-state index is 6.80. The molecule has 7 aromatic carbocycles. The molecular weight excluding hydrogens is 1120 g/mol. The van der Waals surface area contributed by atoms with Crippen LogP contribution >= 0.6 is 0 Å². The van der Waals surface area contributed by atoms with Gasteiger partial charge in [0.15, 0.2) is 5.82 Å². The summed E-state index contributed by atoms with van der Waals surface area (Å²) in [6, 6.07) is 60.1. The second kappa shape index (κ2) is 19.2. The van der Waals surface area contributed by atoms with Gasteiger partial charge in [0.25, 0.3) is 0 Å². The molecule has 0 aliphatic carbocycles. The Morgan fingerprint density at radius 2 is 0.974 bits per heavy atom. The van der Waals surface area contributed by atoms with Crippen molar-refractivity contribution >= 4 is 32.8 Å². The molecule has 11 rings (SSSR count). The third kappa shape index (κ3) is 9.73. The molecule has 4 aromatic heterocycles. The summed E-state index contributed by atoms with van der Waals surface area (Å²) in [4.78, 5) is 14.0. The average Bonchev–Trinajstić information content (AvgIpc) is 3.96. The summed E-state index contributed by atoms with van der Waals surface area (Å²) >= 11 is 2.54. The number of fused-ring (bicyclic) bond motifs is 4. The number of hydrogen-bond acceptors (Lipinski definition) is 4. The summed E-state index contributed by atoms with van der Waals surface area (Å²) in [7, 11) is 0. The van der Waals surface area contributed by atoms with E-state index in [1.807, 2.05) is 30.5 Å². The van der Waals surface area contributed by atoms with Crippen molar-refractivity contribution in [3.63, 3.8) is 0 Å². The molecule has 0 N–H and O–H groups in total. The first-order chi connectivity index (χ1) is 36.5. The van der Waals surface area contributed by atoms with Gasteiger partial charge >= 0.3 is 397 Å². The molecule has 0 bridgehead atoms. The predicted octanol–water partition coefficient (Wildman–Crippen LogP) is 17.7. The smallest absolute Gasteiger partial charge is 0.237 e. The van der Waals surface area contributed by atoms with E-state index in [0.717, 1.165) is 65.0 Å². The molecule has 390 valence electrons. The normalized spacial score (nSPS) is 12.6. The van der Waals surface area contributed by atoms with Gasteiger partial charge in [0.1, 0.15) is 0 Å². The summed E-state index contributed by atoms with van der Waals surface area (Å²) in [6.07, 6.45) is 5.37. The second-order valence-corrected chi connectivity index (χ2v) is 25.6. The Morgan fingerprint density at radius 3 is 1.53 bits per heavy atom. The van der Waals surface area contributed by atoms with Crippen molar-refractivity contribution in [3.05, 3.63) is 208 Å². The van der Waals surface area contributed by atoms with Gasteiger partial charge in [-0.1, -0.05) is 12.1 Å². The molecule has 77 heavy (non-hydrogen) atoms. The van der Waals surface area contributed by atoms with Crippen LogP contribution in [-0.4, -0.2) is 28.7 Å². The number of rotatable bonds is 8. The van der Waals surface area contributed by atoms with Crippen LogP contribution in [0.2, 0.25) is 0 Å². The van der Waals surface area contributed by atoms with E-state index in [4.69, 9.17) is 9.72 Å². The minimum Gasteiger partial charge on any atom is -0.237 e. The van der Waals surface area contributed by atoms with Crippen molar-refractivity contribution in [2.75, 3.05) is 0 Å². The average molecular weight is 1190 g/mol.